The molecule has 0 unspecified atom stereocenters. The third-order valence-corrected chi connectivity index (χ3v) is 3.46. The fourth-order valence-electron chi connectivity index (χ4n) is 2.24. The van der Waals surface area contributed by atoms with Gasteiger partial charge in [0.15, 0.2) is 0 Å². The zero-order chi connectivity index (χ0) is 12.7. The number of hydrogen-bond acceptors (Lipinski definition) is 1. The molecule has 0 aliphatic rings. The predicted molar refractivity (Wildman–Crippen MR) is 75.9 cm³/mol. The SMILES string of the molecule is Cc1ccccc1-c1nc2cc(Cl)ccc2n1C. The molecule has 18 heavy (non-hydrogen) atoms. The molecule has 90 valence electrons. The number of imidazole rings is 1. The molecule has 1 heterocycles. The van der Waals surface area contributed by atoms with E-state index in [0.29, 0.717) is 0 Å². The summed E-state index contributed by atoms with van der Waals surface area (Å²) in [4.78, 5) is 4.68. The lowest BCUT2D eigenvalue weighted by Gasteiger charge is -2.05. The van der Waals surface area contributed by atoms with Crippen LogP contribution >= 0.6 is 11.6 Å². The second kappa shape index (κ2) is 4.14. The molecule has 0 aliphatic carbocycles. The first-order valence-corrected chi connectivity index (χ1v) is 6.22. The molecule has 0 N–H and O–H groups in total. The summed E-state index contributed by atoms with van der Waals surface area (Å²) < 4.78 is 2.11. The molecule has 0 spiro atoms. The van der Waals surface area contributed by atoms with Crippen LogP contribution in [0.1, 0.15) is 5.56 Å². The highest BCUT2D eigenvalue weighted by molar-refractivity contribution is 6.31. The van der Waals surface area contributed by atoms with Crippen molar-refractivity contribution in [3.8, 4) is 11.4 Å². The van der Waals surface area contributed by atoms with E-state index in [0.717, 1.165) is 27.4 Å². The van der Waals surface area contributed by atoms with E-state index in [1.807, 2.05) is 37.4 Å². The van der Waals surface area contributed by atoms with Gasteiger partial charge in [0.1, 0.15) is 5.82 Å². The Labute approximate surface area is 111 Å². The summed E-state index contributed by atoms with van der Waals surface area (Å²) in [5.41, 5.74) is 4.41. The molecule has 3 heteroatoms. The van der Waals surface area contributed by atoms with E-state index in [-0.39, 0.29) is 0 Å². The first-order valence-electron chi connectivity index (χ1n) is 5.85. The summed E-state index contributed by atoms with van der Waals surface area (Å²) in [6.07, 6.45) is 0. The second-order valence-corrected chi connectivity index (χ2v) is 4.88. The average molecular weight is 257 g/mol. The minimum Gasteiger partial charge on any atom is -0.327 e. The Kier molecular flexibility index (Phi) is 2.60. The molecule has 0 aliphatic heterocycles. The first kappa shape index (κ1) is 11.3. The molecular formula is C15H13ClN2. The highest BCUT2D eigenvalue weighted by Gasteiger charge is 2.11. The molecule has 0 amide bonds. The Hall–Kier alpha value is -1.80. The van der Waals surface area contributed by atoms with Crippen LogP contribution in [0.2, 0.25) is 5.02 Å². The fraction of sp³-hybridized carbons (Fsp3) is 0.133. The Morgan fingerprint density at radius 2 is 1.89 bits per heavy atom. The van der Waals surface area contributed by atoms with Gasteiger partial charge in [-0.1, -0.05) is 35.9 Å². The largest absolute Gasteiger partial charge is 0.327 e. The average Bonchev–Trinajstić information content (AvgIpc) is 2.67. The Bertz CT molecular complexity index is 728. The van der Waals surface area contributed by atoms with E-state index >= 15 is 0 Å². The van der Waals surface area contributed by atoms with Crippen molar-refractivity contribution >= 4 is 22.6 Å². The summed E-state index contributed by atoms with van der Waals surface area (Å²) >= 11 is 6.01. The smallest absolute Gasteiger partial charge is 0.141 e. The van der Waals surface area contributed by atoms with Gasteiger partial charge in [0.05, 0.1) is 11.0 Å². The Balaban J connectivity index is 2.31. The van der Waals surface area contributed by atoms with Gasteiger partial charge in [0.25, 0.3) is 0 Å². The lowest BCUT2D eigenvalue weighted by molar-refractivity contribution is 0.957. The van der Waals surface area contributed by atoms with E-state index < -0.39 is 0 Å². The second-order valence-electron chi connectivity index (χ2n) is 4.44. The van der Waals surface area contributed by atoms with Crippen LogP contribution in [0, 0.1) is 6.92 Å². The zero-order valence-corrected chi connectivity index (χ0v) is 11.1. The lowest BCUT2D eigenvalue weighted by atomic mass is 10.1. The molecule has 2 nitrogen and oxygen atoms in total. The number of benzene rings is 2. The maximum absolute atomic E-state index is 6.01. The van der Waals surface area contributed by atoms with Crippen molar-refractivity contribution in [2.45, 2.75) is 6.92 Å². The monoisotopic (exact) mass is 256 g/mol. The molecule has 0 radical (unpaired) electrons. The number of aryl methyl sites for hydroxylation is 2. The normalized spacial score (nSPS) is 11.1. The van der Waals surface area contributed by atoms with Crippen LogP contribution < -0.4 is 0 Å². The van der Waals surface area contributed by atoms with Gasteiger partial charge in [0, 0.05) is 17.6 Å². The van der Waals surface area contributed by atoms with Gasteiger partial charge in [0.2, 0.25) is 0 Å². The molecule has 2 aromatic carbocycles. The van der Waals surface area contributed by atoms with Crippen molar-refractivity contribution in [2.24, 2.45) is 7.05 Å². The summed E-state index contributed by atoms with van der Waals surface area (Å²) in [6, 6.07) is 14.1. The summed E-state index contributed by atoms with van der Waals surface area (Å²) in [5.74, 6) is 0.977. The maximum atomic E-state index is 6.01. The van der Waals surface area contributed by atoms with Crippen molar-refractivity contribution in [3.63, 3.8) is 0 Å². The van der Waals surface area contributed by atoms with E-state index in [9.17, 15) is 0 Å². The van der Waals surface area contributed by atoms with Crippen LogP contribution in [-0.2, 0) is 7.05 Å². The Morgan fingerprint density at radius 3 is 2.67 bits per heavy atom. The zero-order valence-electron chi connectivity index (χ0n) is 10.3. The molecule has 0 saturated heterocycles. The lowest BCUT2D eigenvalue weighted by Crippen LogP contribution is -1.93. The minimum atomic E-state index is 0.719. The van der Waals surface area contributed by atoms with Crippen molar-refractivity contribution in [1.29, 1.82) is 0 Å². The number of hydrogen-bond donors (Lipinski definition) is 0. The van der Waals surface area contributed by atoms with Crippen molar-refractivity contribution in [2.75, 3.05) is 0 Å². The summed E-state index contributed by atoms with van der Waals surface area (Å²) in [5, 5.41) is 0.719. The number of aromatic nitrogens is 2. The molecular weight excluding hydrogens is 244 g/mol. The van der Waals surface area contributed by atoms with Crippen molar-refractivity contribution in [1.82, 2.24) is 9.55 Å². The predicted octanol–water partition coefficient (Wildman–Crippen LogP) is 4.20. The minimum absolute atomic E-state index is 0.719. The molecule has 0 bridgehead atoms. The van der Waals surface area contributed by atoms with E-state index in [1.54, 1.807) is 0 Å². The van der Waals surface area contributed by atoms with E-state index in [2.05, 4.69) is 28.6 Å². The standard InChI is InChI=1S/C15H13ClN2/c1-10-5-3-4-6-12(10)15-17-13-9-11(16)7-8-14(13)18(15)2/h3-9H,1-2H3. The van der Waals surface area contributed by atoms with Crippen LogP contribution in [0.4, 0.5) is 0 Å². The van der Waals surface area contributed by atoms with Crippen LogP contribution in [-0.4, -0.2) is 9.55 Å². The van der Waals surface area contributed by atoms with Crippen LogP contribution in [0.3, 0.4) is 0 Å². The molecule has 3 rings (SSSR count). The van der Waals surface area contributed by atoms with Gasteiger partial charge in [-0.05, 0) is 30.7 Å². The van der Waals surface area contributed by atoms with Crippen molar-refractivity contribution in [3.05, 3.63) is 53.1 Å². The van der Waals surface area contributed by atoms with Crippen LogP contribution in [0.5, 0.6) is 0 Å². The summed E-state index contributed by atoms with van der Waals surface area (Å²) in [6.45, 7) is 2.10. The molecule has 0 fully saturated rings. The number of fused-ring (bicyclic) bond motifs is 1. The van der Waals surface area contributed by atoms with Crippen LogP contribution in [0.15, 0.2) is 42.5 Å². The van der Waals surface area contributed by atoms with Gasteiger partial charge in [-0.25, -0.2) is 4.98 Å². The maximum Gasteiger partial charge on any atom is 0.141 e. The topological polar surface area (TPSA) is 17.8 Å². The fourth-order valence-corrected chi connectivity index (χ4v) is 2.40. The Morgan fingerprint density at radius 1 is 1.11 bits per heavy atom. The van der Waals surface area contributed by atoms with Gasteiger partial charge in [-0.15, -0.1) is 0 Å². The van der Waals surface area contributed by atoms with E-state index in [4.69, 9.17) is 11.6 Å². The third kappa shape index (κ3) is 1.70. The molecule has 3 aromatic rings. The number of halogens is 1. The molecule has 0 atom stereocenters. The van der Waals surface area contributed by atoms with Gasteiger partial charge >= 0.3 is 0 Å². The quantitative estimate of drug-likeness (QED) is 0.638. The highest BCUT2D eigenvalue weighted by atomic mass is 35.5. The van der Waals surface area contributed by atoms with E-state index in [1.165, 1.54) is 5.56 Å². The van der Waals surface area contributed by atoms with Gasteiger partial charge < -0.3 is 4.57 Å². The van der Waals surface area contributed by atoms with Crippen LogP contribution in [0.25, 0.3) is 22.4 Å². The molecule has 0 saturated carbocycles. The first-order chi connectivity index (χ1) is 8.66. The van der Waals surface area contributed by atoms with Crippen molar-refractivity contribution < 1.29 is 0 Å². The number of nitrogens with zero attached hydrogens (tertiary/aromatic N) is 2. The summed E-state index contributed by atoms with van der Waals surface area (Å²) in [7, 11) is 2.03. The molecule has 1 aromatic heterocycles. The van der Waals surface area contributed by atoms with Gasteiger partial charge in [-0.2, -0.15) is 0 Å². The highest BCUT2D eigenvalue weighted by Crippen LogP contribution is 2.27. The van der Waals surface area contributed by atoms with Gasteiger partial charge in [-0.3, -0.25) is 0 Å². The third-order valence-electron chi connectivity index (χ3n) is 3.23. The number of rotatable bonds is 1.